The zero-order valence-electron chi connectivity index (χ0n) is 13.0. The molecule has 0 spiro atoms. The van der Waals surface area contributed by atoms with Crippen LogP contribution in [0.15, 0.2) is 24.3 Å². The van der Waals surface area contributed by atoms with Gasteiger partial charge >= 0.3 is 0 Å². The number of likely N-dealkylation sites (tertiary alicyclic amines) is 1. The summed E-state index contributed by atoms with van der Waals surface area (Å²) < 4.78 is 5.64. The van der Waals surface area contributed by atoms with Crippen molar-refractivity contribution >= 4 is 5.91 Å². The van der Waals surface area contributed by atoms with E-state index in [1.54, 1.807) is 0 Å². The largest absolute Gasteiger partial charge is 0.493 e. The highest BCUT2D eigenvalue weighted by Gasteiger charge is 2.24. The summed E-state index contributed by atoms with van der Waals surface area (Å²) in [5.41, 5.74) is 7.09. The van der Waals surface area contributed by atoms with Crippen LogP contribution in [0.3, 0.4) is 0 Å². The summed E-state index contributed by atoms with van der Waals surface area (Å²) in [4.78, 5) is 14.1. The highest BCUT2D eigenvalue weighted by Crippen LogP contribution is 2.20. The van der Waals surface area contributed by atoms with Crippen LogP contribution in [0.2, 0.25) is 0 Å². The molecule has 0 bridgehead atoms. The fraction of sp³-hybridized carbons (Fsp3) is 0.588. The first-order valence-electron chi connectivity index (χ1n) is 7.79. The van der Waals surface area contributed by atoms with Crippen molar-refractivity contribution in [2.45, 2.75) is 39.2 Å². The van der Waals surface area contributed by atoms with E-state index in [9.17, 15) is 4.79 Å². The maximum absolute atomic E-state index is 12.1. The van der Waals surface area contributed by atoms with Gasteiger partial charge in [-0.25, -0.2) is 0 Å². The Morgan fingerprint density at radius 3 is 2.76 bits per heavy atom. The summed E-state index contributed by atoms with van der Waals surface area (Å²) in [5, 5.41) is 0. The van der Waals surface area contributed by atoms with Gasteiger partial charge in [-0.1, -0.05) is 12.1 Å². The second-order valence-electron chi connectivity index (χ2n) is 5.99. The maximum atomic E-state index is 12.1. The molecule has 1 atom stereocenters. The molecule has 2 rings (SSSR count). The molecule has 1 fully saturated rings. The Hall–Kier alpha value is -1.55. The second-order valence-corrected chi connectivity index (χ2v) is 5.99. The van der Waals surface area contributed by atoms with Crippen LogP contribution in [-0.4, -0.2) is 36.5 Å². The van der Waals surface area contributed by atoms with E-state index in [1.807, 2.05) is 36.1 Å². The van der Waals surface area contributed by atoms with E-state index in [4.69, 9.17) is 10.5 Å². The number of benzene rings is 1. The number of aryl methyl sites for hydroxylation is 1. The molecule has 4 heteroatoms. The molecule has 1 aliphatic rings. The van der Waals surface area contributed by atoms with E-state index in [0.717, 1.165) is 37.2 Å². The smallest absolute Gasteiger partial charge is 0.225 e. The highest BCUT2D eigenvalue weighted by atomic mass is 16.5. The first-order valence-corrected chi connectivity index (χ1v) is 7.79. The molecule has 0 aromatic heterocycles. The molecule has 1 saturated heterocycles. The predicted octanol–water partition coefficient (Wildman–Crippen LogP) is 2.35. The number of ether oxygens (including phenoxy) is 1. The van der Waals surface area contributed by atoms with Crippen molar-refractivity contribution in [3.05, 3.63) is 29.8 Å². The van der Waals surface area contributed by atoms with Crippen LogP contribution in [-0.2, 0) is 4.79 Å². The summed E-state index contributed by atoms with van der Waals surface area (Å²) in [6.07, 6.45) is 2.47. The molecule has 21 heavy (non-hydrogen) atoms. The van der Waals surface area contributed by atoms with Crippen molar-refractivity contribution in [1.29, 1.82) is 0 Å². The minimum absolute atomic E-state index is 0.186. The number of nitrogens with two attached hydrogens (primary N) is 1. The predicted molar refractivity (Wildman–Crippen MR) is 84.2 cm³/mol. The van der Waals surface area contributed by atoms with Crippen molar-refractivity contribution < 1.29 is 9.53 Å². The first-order chi connectivity index (χ1) is 10.1. The number of carbonyl (C=O) groups is 1. The molecule has 0 saturated carbocycles. The fourth-order valence-corrected chi connectivity index (χ4v) is 2.79. The molecule has 4 nitrogen and oxygen atoms in total. The summed E-state index contributed by atoms with van der Waals surface area (Å²) in [5.74, 6) is 1.57. The van der Waals surface area contributed by atoms with E-state index in [2.05, 4.69) is 6.92 Å². The van der Waals surface area contributed by atoms with Crippen LogP contribution in [0, 0.1) is 12.8 Å². The standard InChI is InChI=1S/C17H26N2O2/c1-13-4-3-5-16(12-13)21-11-8-17(20)19-9-6-15(7-10-19)14(2)18/h3-5,12,14-15H,6-11,18H2,1-2H3. The van der Waals surface area contributed by atoms with Gasteiger partial charge in [0.25, 0.3) is 0 Å². The van der Waals surface area contributed by atoms with Gasteiger partial charge in [-0.3, -0.25) is 4.79 Å². The molecule has 1 heterocycles. The Balaban J connectivity index is 1.71. The van der Waals surface area contributed by atoms with E-state index >= 15 is 0 Å². The van der Waals surface area contributed by atoms with Crippen LogP contribution in [0.4, 0.5) is 0 Å². The summed E-state index contributed by atoms with van der Waals surface area (Å²) >= 11 is 0. The van der Waals surface area contributed by atoms with Crippen LogP contribution >= 0.6 is 0 Å². The monoisotopic (exact) mass is 290 g/mol. The van der Waals surface area contributed by atoms with Crippen molar-refractivity contribution in [1.82, 2.24) is 4.90 Å². The molecule has 0 radical (unpaired) electrons. The van der Waals surface area contributed by atoms with Crippen LogP contribution < -0.4 is 10.5 Å². The minimum atomic E-state index is 0.186. The van der Waals surface area contributed by atoms with E-state index in [0.29, 0.717) is 18.9 Å². The average molecular weight is 290 g/mol. The third kappa shape index (κ3) is 4.74. The van der Waals surface area contributed by atoms with Gasteiger partial charge in [-0.05, 0) is 50.3 Å². The van der Waals surface area contributed by atoms with E-state index in [-0.39, 0.29) is 11.9 Å². The number of hydrogen-bond acceptors (Lipinski definition) is 3. The van der Waals surface area contributed by atoms with Gasteiger partial charge in [0.15, 0.2) is 0 Å². The SMILES string of the molecule is Cc1cccc(OCCC(=O)N2CCC(C(C)N)CC2)c1. The van der Waals surface area contributed by atoms with Gasteiger partial charge < -0.3 is 15.4 Å². The molecule has 1 aromatic rings. The number of amides is 1. The number of nitrogens with zero attached hydrogens (tertiary/aromatic N) is 1. The van der Waals surface area contributed by atoms with E-state index < -0.39 is 0 Å². The lowest BCUT2D eigenvalue weighted by Gasteiger charge is -2.33. The van der Waals surface area contributed by atoms with Gasteiger partial charge in [0.1, 0.15) is 5.75 Å². The Morgan fingerprint density at radius 2 is 2.14 bits per heavy atom. The molecule has 116 valence electrons. The lowest BCUT2D eigenvalue weighted by molar-refractivity contribution is -0.133. The quantitative estimate of drug-likeness (QED) is 0.905. The zero-order chi connectivity index (χ0) is 15.2. The van der Waals surface area contributed by atoms with Crippen molar-refractivity contribution in [2.75, 3.05) is 19.7 Å². The average Bonchev–Trinajstić information content (AvgIpc) is 2.47. The van der Waals surface area contributed by atoms with Crippen molar-refractivity contribution in [3.8, 4) is 5.75 Å². The molecule has 1 aromatic carbocycles. The summed E-state index contributed by atoms with van der Waals surface area (Å²) in [7, 11) is 0. The Labute approximate surface area is 127 Å². The van der Waals surface area contributed by atoms with Crippen LogP contribution in [0.5, 0.6) is 5.75 Å². The van der Waals surface area contributed by atoms with Gasteiger partial charge in [-0.2, -0.15) is 0 Å². The van der Waals surface area contributed by atoms with Crippen molar-refractivity contribution in [3.63, 3.8) is 0 Å². The molecule has 1 unspecified atom stereocenters. The molecular weight excluding hydrogens is 264 g/mol. The van der Waals surface area contributed by atoms with Crippen molar-refractivity contribution in [2.24, 2.45) is 11.7 Å². The lowest BCUT2D eigenvalue weighted by Crippen LogP contribution is -2.42. The molecule has 2 N–H and O–H groups in total. The van der Waals surface area contributed by atoms with Gasteiger partial charge in [0, 0.05) is 19.1 Å². The van der Waals surface area contributed by atoms with Crippen LogP contribution in [0.1, 0.15) is 31.7 Å². The second kappa shape index (κ2) is 7.46. The van der Waals surface area contributed by atoms with Gasteiger partial charge in [0.05, 0.1) is 13.0 Å². The van der Waals surface area contributed by atoms with Gasteiger partial charge in [-0.15, -0.1) is 0 Å². The molecule has 1 aliphatic heterocycles. The van der Waals surface area contributed by atoms with Crippen LogP contribution in [0.25, 0.3) is 0 Å². The minimum Gasteiger partial charge on any atom is -0.493 e. The maximum Gasteiger partial charge on any atom is 0.225 e. The fourth-order valence-electron chi connectivity index (χ4n) is 2.79. The first kappa shape index (κ1) is 15.8. The van der Waals surface area contributed by atoms with Gasteiger partial charge in [0.2, 0.25) is 5.91 Å². The third-order valence-corrected chi connectivity index (χ3v) is 4.21. The zero-order valence-corrected chi connectivity index (χ0v) is 13.0. The molecule has 1 amide bonds. The normalized spacial score (nSPS) is 17.6. The molecular formula is C17H26N2O2. The third-order valence-electron chi connectivity index (χ3n) is 4.21. The Morgan fingerprint density at radius 1 is 1.43 bits per heavy atom. The molecule has 0 aliphatic carbocycles. The number of piperidine rings is 1. The highest BCUT2D eigenvalue weighted by molar-refractivity contribution is 5.76. The lowest BCUT2D eigenvalue weighted by atomic mass is 9.91. The summed E-state index contributed by atoms with van der Waals surface area (Å²) in [6.45, 7) is 6.18. The number of rotatable bonds is 5. The topological polar surface area (TPSA) is 55.6 Å². The van der Waals surface area contributed by atoms with E-state index in [1.165, 1.54) is 0 Å². The Bertz CT molecular complexity index is 466. The number of hydrogen-bond donors (Lipinski definition) is 1. The summed E-state index contributed by atoms with van der Waals surface area (Å²) in [6, 6.07) is 8.13. The Kier molecular flexibility index (Phi) is 5.62. The number of carbonyl (C=O) groups excluding carboxylic acids is 1.